The number of fused-ring (bicyclic) bond motifs is 1. The fraction of sp³-hybridized carbons (Fsp3) is 0.176. The molecule has 3 aromatic rings. The Balaban J connectivity index is 2.04. The van der Waals surface area contributed by atoms with E-state index in [-0.39, 0.29) is 24.2 Å². The van der Waals surface area contributed by atoms with Gasteiger partial charge in [-0.2, -0.15) is 0 Å². The molecular formula is C17H15FIN3O2S. The number of hydrogen-bond donors (Lipinski definition) is 3. The van der Waals surface area contributed by atoms with Crippen molar-refractivity contribution in [1.82, 2.24) is 10.3 Å². The minimum Gasteiger partial charge on any atom is -0.394 e. The number of carbonyl (C=O) groups excluding carboxylic acids is 1. The number of halogens is 2. The van der Waals surface area contributed by atoms with E-state index < -0.39 is 5.82 Å². The highest BCUT2D eigenvalue weighted by Crippen LogP contribution is 2.37. The van der Waals surface area contributed by atoms with Crippen molar-refractivity contribution in [3.05, 3.63) is 51.5 Å². The Bertz CT molecular complexity index is 931. The van der Waals surface area contributed by atoms with Crippen LogP contribution in [0.5, 0.6) is 0 Å². The lowest BCUT2D eigenvalue weighted by atomic mass is 10.1. The number of aliphatic hydroxyl groups is 1. The molecular weight excluding hydrogens is 456 g/mol. The Morgan fingerprint density at radius 2 is 2.24 bits per heavy atom. The maximum Gasteiger partial charge on any atom is 0.255 e. The van der Waals surface area contributed by atoms with Crippen LogP contribution in [0, 0.1) is 9.39 Å². The number of nitrogens with zero attached hydrogens (tertiary/aromatic N) is 1. The second-order valence-electron chi connectivity index (χ2n) is 5.47. The second kappa shape index (κ2) is 7.63. The molecule has 1 amide bonds. The first-order chi connectivity index (χ1) is 12.0. The molecule has 25 heavy (non-hydrogen) atoms. The summed E-state index contributed by atoms with van der Waals surface area (Å²) in [5.41, 5.74) is 0.683. The van der Waals surface area contributed by atoms with E-state index in [9.17, 15) is 14.3 Å². The molecule has 0 fully saturated rings. The summed E-state index contributed by atoms with van der Waals surface area (Å²) in [5.74, 6) is -0.735. The van der Waals surface area contributed by atoms with Crippen molar-refractivity contribution in [2.45, 2.75) is 13.0 Å². The van der Waals surface area contributed by atoms with Crippen LogP contribution < -0.4 is 10.6 Å². The monoisotopic (exact) mass is 471 g/mol. The highest BCUT2D eigenvalue weighted by Gasteiger charge is 2.21. The summed E-state index contributed by atoms with van der Waals surface area (Å²) in [7, 11) is 0. The average Bonchev–Trinajstić information content (AvgIpc) is 2.95. The molecule has 0 aliphatic heterocycles. The van der Waals surface area contributed by atoms with E-state index >= 15 is 0 Å². The fourth-order valence-corrected chi connectivity index (χ4v) is 3.81. The van der Waals surface area contributed by atoms with Gasteiger partial charge in [-0.25, -0.2) is 9.37 Å². The third-order valence-corrected chi connectivity index (χ3v) is 5.22. The number of benzene rings is 1. The minimum absolute atomic E-state index is 0.166. The summed E-state index contributed by atoms with van der Waals surface area (Å²) in [4.78, 5) is 17.6. The Morgan fingerprint density at radius 3 is 2.96 bits per heavy atom. The van der Waals surface area contributed by atoms with Crippen LogP contribution in [0.15, 0.2) is 36.5 Å². The predicted molar refractivity (Wildman–Crippen MR) is 106 cm³/mol. The first-order valence-electron chi connectivity index (χ1n) is 7.51. The van der Waals surface area contributed by atoms with Crippen molar-refractivity contribution in [2.24, 2.45) is 0 Å². The molecule has 0 aliphatic carbocycles. The number of pyridine rings is 1. The van der Waals surface area contributed by atoms with Crippen molar-refractivity contribution in [1.29, 1.82) is 0 Å². The van der Waals surface area contributed by atoms with Gasteiger partial charge in [-0.3, -0.25) is 4.79 Å². The second-order valence-corrected chi connectivity index (χ2v) is 7.71. The van der Waals surface area contributed by atoms with Crippen molar-refractivity contribution >= 4 is 60.7 Å². The van der Waals surface area contributed by atoms with E-state index in [1.54, 1.807) is 37.4 Å². The number of carbonyl (C=O) groups is 1. The summed E-state index contributed by atoms with van der Waals surface area (Å²) < 4.78 is 15.0. The highest BCUT2D eigenvalue weighted by molar-refractivity contribution is 14.1. The third-order valence-electron chi connectivity index (χ3n) is 3.52. The maximum atomic E-state index is 14.2. The molecule has 1 unspecified atom stereocenters. The Kier molecular flexibility index (Phi) is 5.50. The van der Waals surface area contributed by atoms with Crippen LogP contribution in [0.25, 0.3) is 10.2 Å². The number of thiophene rings is 1. The zero-order valence-corrected chi connectivity index (χ0v) is 16.2. The van der Waals surface area contributed by atoms with Crippen LogP contribution in [0.3, 0.4) is 0 Å². The Labute approximate surface area is 161 Å². The van der Waals surface area contributed by atoms with Gasteiger partial charge in [0.1, 0.15) is 15.6 Å². The van der Waals surface area contributed by atoms with Gasteiger partial charge in [-0.1, -0.05) is 11.3 Å². The zero-order chi connectivity index (χ0) is 18.0. The molecule has 8 heteroatoms. The van der Waals surface area contributed by atoms with Gasteiger partial charge in [-0.05, 0) is 59.8 Å². The molecule has 2 aromatic heterocycles. The standard InChI is InChI=1S/C17H15FIN3O2S/c1-9(8-23)21-15(24)14-11-3-2-6-20-16(11)25-17(14)22-13-5-4-10(19)7-12(13)18/h2-7,9,22-23H,8H2,1H3,(H,21,24). The van der Waals surface area contributed by atoms with E-state index in [1.807, 2.05) is 22.6 Å². The molecule has 0 radical (unpaired) electrons. The first kappa shape index (κ1) is 18.0. The number of hydrogen-bond acceptors (Lipinski definition) is 5. The largest absolute Gasteiger partial charge is 0.394 e. The molecule has 3 N–H and O–H groups in total. The third kappa shape index (κ3) is 3.91. The summed E-state index contributed by atoms with van der Waals surface area (Å²) in [6, 6.07) is 7.99. The van der Waals surface area contributed by atoms with E-state index in [1.165, 1.54) is 17.4 Å². The Hall–Kier alpha value is -1.78. The van der Waals surface area contributed by atoms with Gasteiger partial charge in [0.15, 0.2) is 0 Å². The van der Waals surface area contributed by atoms with Crippen molar-refractivity contribution < 1.29 is 14.3 Å². The molecule has 0 spiro atoms. The van der Waals surface area contributed by atoms with E-state index in [0.29, 0.717) is 20.8 Å². The molecule has 0 saturated heterocycles. The van der Waals surface area contributed by atoms with Crippen LogP contribution in [0.2, 0.25) is 0 Å². The fourth-order valence-electron chi connectivity index (χ4n) is 2.30. The lowest BCUT2D eigenvalue weighted by Gasteiger charge is -2.13. The maximum absolute atomic E-state index is 14.2. The molecule has 1 atom stereocenters. The number of aliphatic hydroxyl groups excluding tert-OH is 1. The SMILES string of the molecule is CC(CO)NC(=O)c1c(Nc2ccc(I)cc2F)sc2ncccc12. The molecule has 0 saturated carbocycles. The topological polar surface area (TPSA) is 74.2 Å². The minimum atomic E-state index is -0.396. The quantitative estimate of drug-likeness (QED) is 0.494. The molecule has 1 aromatic carbocycles. The summed E-state index contributed by atoms with van der Waals surface area (Å²) in [5, 5.41) is 16.1. The van der Waals surface area contributed by atoms with Crippen LogP contribution in [0.4, 0.5) is 15.1 Å². The Morgan fingerprint density at radius 1 is 1.44 bits per heavy atom. The molecule has 2 heterocycles. The van der Waals surface area contributed by atoms with Crippen molar-refractivity contribution in [3.8, 4) is 0 Å². The molecule has 130 valence electrons. The molecule has 0 bridgehead atoms. The number of rotatable bonds is 5. The van der Waals surface area contributed by atoms with Crippen molar-refractivity contribution in [3.63, 3.8) is 0 Å². The number of amides is 1. The van der Waals surface area contributed by atoms with Crippen LogP contribution in [-0.2, 0) is 0 Å². The van der Waals surface area contributed by atoms with Gasteiger partial charge in [0.05, 0.1) is 17.9 Å². The molecule has 5 nitrogen and oxygen atoms in total. The lowest BCUT2D eigenvalue weighted by molar-refractivity contribution is 0.0925. The zero-order valence-electron chi connectivity index (χ0n) is 13.2. The number of nitrogens with one attached hydrogen (secondary N) is 2. The lowest BCUT2D eigenvalue weighted by Crippen LogP contribution is -2.35. The van der Waals surface area contributed by atoms with Gasteiger partial charge in [0.25, 0.3) is 5.91 Å². The normalized spacial score (nSPS) is 12.2. The summed E-state index contributed by atoms with van der Waals surface area (Å²) in [6.07, 6.45) is 1.64. The van der Waals surface area contributed by atoms with E-state index in [0.717, 1.165) is 3.57 Å². The first-order valence-corrected chi connectivity index (χ1v) is 9.40. The smallest absolute Gasteiger partial charge is 0.255 e. The van der Waals surface area contributed by atoms with Gasteiger partial charge in [-0.15, -0.1) is 0 Å². The predicted octanol–water partition coefficient (Wildman–Crippen LogP) is 3.89. The van der Waals surface area contributed by atoms with Crippen LogP contribution in [0.1, 0.15) is 17.3 Å². The number of aromatic nitrogens is 1. The van der Waals surface area contributed by atoms with E-state index in [4.69, 9.17) is 0 Å². The van der Waals surface area contributed by atoms with Gasteiger partial charge in [0.2, 0.25) is 0 Å². The molecule has 0 aliphatic rings. The van der Waals surface area contributed by atoms with Crippen LogP contribution in [-0.4, -0.2) is 28.6 Å². The average molecular weight is 471 g/mol. The van der Waals surface area contributed by atoms with Gasteiger partial charge >= 0.3 is 0 Å². The van der Waals surface area contributed by atoms with Gasteiger partial charge < -0.3 is 15.7 Å². The van der Waals surface area contributed by atoms with Gasteiger partial charge in [0, 0.05) is 21.2 Å². The molecule has 3 rings (SSSR count). The summed E-state index contributed by atoms with van der Waals surface area (Å²) in [6.45, 7) is 1.54. The van der Waals surface area contributed by atoms with Crippen molar-refractivity contribution in [2.75, 3.05) is 11.9 Å². The number of anilines is 2. The van der Waals surface area contributed by atoms with Crippen LogP contribution >= 0.6 is 33.9 Å². The highest BCUT2D eigenvalue weighted by atomic mass is 127. The van der Waals surface area contributed by atoms with E-state index in [2.05, 4.69) is 15.6 Å². The summed E-state index contributed by atoms with van der Waals surface area (Å²) >= 11 is 3.32.